The molecule has 0 aromatic heterocycles. The summed E-state index contributed by atoms with van der Waals surface area (Å²) in [7, 11) is 0. The van der Waals surface area contributed by atoms with Crippen LogP contribution in [-0.4, -0.2) is 0 Å². The number of nitrogens with zero attached hydrogens (tertiary/aromatic N) is 4. The lowest BCUT2D eigenvalue weighted by Crippen LogP contribution is -2.29. The molecule has 0 unspecified atom stereocenters. The summed E-state index contributed by atoms with van der Waals surface area (Å²) in [6.45, 7) is 13.5. The molecule has 0 saturated carbocycles. The Kier molecular flexibility index (Phi) is 9.14. The number of hydrogen-bond donors (Lipinski definition) is 0. The summed E-state index contributed by atoms with van der Waals surface area (Å²) in [5.74, 6) is 0. The summed E-state index contributed by atoms with van der Waals surface area (Å²) in [5.41, 5.74) is 33.9. The van der Waals surface area contributed by atoms with E-state index in [1.54, 1.807) is 0 Å². The highest BCUT2D eigenvalue weighted by atomic mass is 15.2. The molecule has 9 aromatic carbocycles. The van der Waals surface area contributed by atoms with Gasteiger partial charge in [0, 0.05) is 70.9 Å². The zero-order valence-corrected chi connectivity index (χ0v) is 39.8. The SMILES string of the molecule is Cc1cc(N(c2ccccc2)c2ccc3c4c2Cc2ccccc2N4c2cc4c(cc2C3)N2c3ccccc3Cc3c(N(c5ccccc5)c5cc(C)c(C)c(C)c5)ccc(c32)C4)cc(C)c1C. The van der Waals surface area contributed by atoms with Gasteiger partial charge in [-0.1, -0.05) is 84.9 Å². The Morgan fingerprint density at radius 3 is 1.07 bits per heavy atom. The Balaban J connectivity index is 0.993. The van der Waals surface area contributed by atoms with Crippen molar-refractivity contribution in [3.8, 4) is 0 Å². The molecule has 0 radical (unpaired) electrons. The predicted molar refractivity (Wildman–Crippen MR) is 285 cm³/mol. The summed E-state index contributed by atoms with van der Waals surface area (Å²) in [4.78, 5) is 10.2. The fourth-order valence-corrected chi connectivity index (χ4v) is 11.9. The largest absolute Gasteiger partial charge is 0.310 e. The Bertz CT molecular complexity index is 3270. The zero-order valence-electron chi connectivity index (χ0n) is 39.8. The van der Waals surface area contributed by atoms with E-state index in [2.05, 4.69) is 231 Å². The van der Waals surface area contributed by atoms with Gasteiger partial charge in [-0.05, 0) is 193 Å². The molecule has 0 N–H and O–H groups in total. The van der Waals surface area contributed by atoms with Gasteiger partial charge in [0.15, 0.2) is 0 Å². The van der Waals surface area contributed by atoms with E-state index >= 15 is 0 Å². The van der Waals surface area contributed by atoms with Crippen LogP contribution < -0.4 is 19.6 Å². The maximum absolute atomic E-state index is 2.62. The van der Waals surface area contributed by atoms with Crippen molar-refractivity contribution in [1.82, 2.24) is 0 Å². The van der Waals surface area contributed by atoms with Gasteiger partial charge in [-0.2, -0.15) is 0 Å². The van der Waals surface area contributed by atoms with Crippen LogP contribution in [-0.2, 0) is 25.7 Å². The van der Waals surface area contributed by atoms with Crippen molar-refractivity contribution in [2.75, 3.05) is 19.6 Å². The van der Waals surface area contributed by atoms with E-state index in [0.717, 1.165) is 25.7 Å². The minimum Gasteiger partial charge on any atom is -0.310 e. The molecular weight excluding hydrogens is 825 g/mol. The first-order valence-corrected chi connectivity index (χ1v) is 24.3. The van der Waals surface area contributed by atoms with Crippen molar-refractivity contribution in [1.29, 1.82) is 0 Å². The molecule has 0 saturated heterocycles. The highest BCUT2D eigenvalue weighted by Crippen LogP contribution is 2.59. The summed E-state index contributed by atoms with van der Waals surface area (Å²) in [6, 6.07) is 64.3. The second kappa shape index (κ2) is 15.4. The molecule has 4 heteroatoms. The predicted octanol–water partition coefficient (Wildman–Crippen LogP) is 17.0. The average molecular weight is 879 g/mol. The van der Waals surface area contributed by atoms with Crippen molar-refractivity contribution in [3.05, 3.63) is 248 Å². The summed E-state index contributed by atoms with van der Waals surface area (Å²) >= 11 is 0. The Hall–Kier alpha value is -7.82. The van der Waals surface area contributed by atoms with Crippen LogP contribution in [0, 0.1) is 41.5 Å². The molecule has 330 valence electrons. The molecule has 4 nitrogen and oxygen atoms in total. The molecule has 0 aliphatic carbocycles. The molecule has 0 atom stereocenters. The van der Waals surface area contributed by atoms with Gasteiger partial charge in [0.05, 0.1) is 34.1 Å². The number of para-hydroxylation sites is 4. The monoisotopic (exact) mass is 878 g/mol. The van der Waals surface area contributed by atoms with E-state index in [1.165, 1.54) is 146 Å². The maximum atomic E-state index is 2.62. The molecule has 0 amide bonds. The van der Waals surface area contributed by atoms with Crippen LogP contribution in [0.2, 0.25) is 0 Å². The van der Waals surface area contributed by atoms with E-state index < -0.39 is 0 Å². The Morgan fingerprint density at radius 1 is 0.309 bits per heavy atom. The standard InChI is InChI=1S/C64H54N4/c1-39-29-53(30-40(2)43(39)5)65(51-19-9-7-10-20-51)59-27-25-47-33-49-38-62-50(37-61(49)67-57-23-15-13-17-45(57)35-55(59)63(47)67)34-48-26-28-60(56-36-46-18-14-16-24-58(46)68(62)64(48)56)66(52-21-11-8-12-22-52)54-31-41(3)44(6)42(4)32-54/h7-32,37-38H,33-36H2,1-6H3. The number of hydrogen-bond acceptors (Lipinski definition) is 4. The molecule has 9 aromatic rings. The third-order valence-corrected chi connectivity index (χ3v) is 15.7. The van der Waals surface area contributed by atoms with E-state index in [0.29, 0.717) is 0 Å². The van der Waals surface area contributed by atoms with Gasteiger partial charge >= 0.3 is 0 Å². The van der Waals surface area contributed by atoms with Crippen molar-refractivity contribution in [2.45, 2.75) is 67.2 Å². The van der Waals surface area contributed by atoms with Crippen LogP contribution >= 0.6 is 0 Å². The molecule has 4 heterocycles. The molecule has 0 fully saturated rings. The number of benzene rings is 9. The van der Waals surface area contributed by atoms with Gasteiger partial charge in [-0.15, -0.1) is 0 Å². The van der Waals surface area contributed by atoms with Gasteiger partial charge in [-0.25, -0.2) is 0 Å². The number of fused-ring (bicyclic) bond motifs is 8. The first-order valence-electron chi connectivity index (χ1n) is 24.3. The van der Waals surface area contributed by atoms with Crippen molar-refractivity contribution < 1.29 is 0 Å². The van der Waals surface area contributed by atoms with Crippen LogP contribution in [0.1, 0.15) is 77.9 Å². The third kappa shape index (κ3) is 6.13. The Labute approximate surface area is 401 Å². The van der Waals surface area contributed by atoms with E-state index in [9.17, 15) is 0 Å². The second-order valence-electron chi connectivity index (χ2n) is 19.6. The molecule has 13 rings (SSSR count). The van der Waals surface area contributed by atoms with E-state index in [-0.39, 0.29) is 0 Å². The fraction of sp³-hybridized carbons (Fsp3) is 0.156. The molecule has 68 heavy (non-hydrogen) atoms. The molecule has 0 bridgehead atoms. The first-order chi connectivity index (χ1) is 33.2. The number of rotatable bonds is 6. The van der Waals surface area contributed by atoms with Crippen LogP contribution in [0.25, 0.3) is 0 Å². The summed E-state index contributed by atoms with van der Waals surface area (Å²) in [6.07, 6.45) is 3.45. The van der Waals surface area contributed by atoms with Crippen LogP contribution in [0.3, 0.4) is 0 Å². The van der Waals surface area contributed by atoms with Gasteiger partial charge in [-0.3, -0.25) is 0 Å². The quantitative estimate of drug-likeness (QED) is 0.165. The average Bonchev–Trinajstić information content (AvgIpc) is 3.36. The van der Waals surface area contributed by atoms with Crippen LogP contribution in [0.15, 0.2) is 170 Å². The Morgan fingerprint density at radius 2 is 0.676 bits per heavy atom. The van der Waals surface area contributed by atoms with Crippen LogP contribution in [0.5, 0.6) is 0 Å². The lowest BCUT2D eigenvalue weighted by Gasteiger charge is -2.44. The second-order valence-corrected chi connectivity index (χ2v) is 19.6. The van der Waals surface area contributed by atoms with E-state index in [1.807, 2.05) is 0 Å². The highest BCUT2D eigenvalue weighted by molar-refractivity contribution is 5.99. The summed E-state index contributed by atoms with van der Waals surface area (Å²) in [5, 5.41) is 0. The van der Waals surface area contributed by atoms with Crippen LogP contribution in [0.4, 0.5) is 68.2 Å². The lowest BCUT2D eigenvalue weighted by molar-refractivity contribution is 0.977. The van der Waals surface area contributed by atoms with Crippen molar-refractivity contribution >= 4 is 68.2 Å². The number of anilines is 12. The smallest absolute Gasteiger partial charge is 0.0553 e. The van der Waals surface area contributed by atoms with Gasteiger partial charge in [0.1, 0.15) is 0 Å². The van der Waals surface area contributed by atoms with Gasteiger partial charge in [0.25, 0.3) is 0 Å². The first kappa shape index (κ1) is 40.5. The van der Waals surface area contributed by atoms with E-state index in [4.69, 9.17) is 0 Å². The highest BCUT2D eigenvalue weighted by Gasteiger charge is 2.39. The summed E-state index contributed by atoms with van der Waals surface area (Å²) < 4.78 is 0. The molecule has 4 aliphatic rings. The number of aryl methyl sites for hydroxylation is 4. The van der Waals surface area contributed by atoms with Gasteiger partial charge < -0.3 is 19.6 Å². The van der Waals surface area contributed by atoms with Crippen molar-refractivity contribution in [3.63, 3.8) is 0 Å². The zero-order chi connectivity index (χ0) is 45.9. The molecule has 4 aliphatic heterocycles. The minimum atomic E-state index is 0.862. The van der Waals surface area contributed by atoms with Crippen molar-refractivity contribution in [2.24, 2.45) is 0 Å². The topological polar surface area (TPSA) is 13.0 Å². The third-order valence-electron chi connectivity index (χ3n) is 15.7. The fourth-order valence-electron chi connectivity index (χ4n) is 11.9. The normalized spacial score (nSPS) is 13.4. The maximum Gasteiger partial charge on any atom is 0.0553 e. The van der Waals surface area contributed by atoms with Gasteiger partial charge in [0.2, 0.25) is 0 Å². The minimum absolute atomic E-state index is 0.862. The molecule has 0 spiro atoms. The molecular formula is C64H54N4. The lowest BCUT2D eigenvalue weighted by atomic mass is 9.81.